The molecule has 0 aliphatic carbocycles. The molecule has 4 fully saturated rings. The molecule has 0 spiro atoms. The van der Waals surface area contributed by atoms with E-state index in [0.29, 0.717) is 0 Å². The van der Waals surface area contributed by atoms with Gasteiger partial charge in [0.1, 0.15) is 0 Å². The topological polar surface area (TPSA) is 0 Å². The Bertz CT molecular complexity index is 101. The van der Waals surface area contributed by atoms with Gasteiger partial charge in [-0.3, -0.25) is 0 Å². The minimum absolute atomic E-state index is 0.995. The second-order valence-electron chi connectivity index (χ2n) is 2.28. The van der Waals surface area contributed by atoms with Crippen LogP contribution >= 0.6 is 0 Å². The Hall–Kier alpha value is 3.35. The first kappa shape index (κ1) is 8.64. The fourth-order valence-corrected chi connectivity index (χ4v) is 113. The summed E-state index contributed by atoms with van der Waals surface area (Å²) >= 11 is 5.97. The van der Waals surface area contributed by atoms with E-state index in [1.54, 1.807) is 0 Å². The molecule has 6 heteroatoms. The Labute approximate surface area is 102 Å². The zero-order valence-electron chi connectivity index (χ0n) is 4.99. The van der Waals surface area contributed by atoms with Gasteiger partial charge in [-0.15, -0.1) is 0 Å². The number of hydrogen-bond donors (Lipinski definition) is 0. The van der Waals surface area contributed by atoms with Crippen molar-refractivity contribution in [2.75, 3.05) is 0 Å². The SMILES string of the molecule is [As]1C2[As]C3[As]C1[As]C([As]2)[As]3. The molecular weight excluding hydrogens is 498 g/mol. The predicted molar refractivity (Wildman–Crippen MR) is 49.5 cm³/mol. The van der Waals surface area contributed by atoms with Crippen LogP contribution in [-0.2, 0) is 0 Å². The van der Waals surface area contributed by atoms with Crippen LogP contribution < -0.4 is 0 Å². The third-order valence-corrected chi connectivity index (χ3v) is 43.2. The van der Waals surface area contributed by atoms with Gasteiger partial charge in [0.05, 0.1) is 0 Å². The van der Waals surface area contributed by atoms with E-state index in [-0.39, 0.29) is 0 Å². The maximum atomic E-state index is 1.53. The van der Waals surface area contributed by atoms with Gasteiger partial charge in [0, 0.05) is 0 Å². The molecule has 0 N–H and O–H groups in total. The molecule has 50 valence electrons. The van der Waals surface area contributed by atoms with Gasteiger partial charge in [-0.2, -0.15) is 0 Å². The zero-order valence-corrected chi connectivity index (χ0v) is 16.3. The normalized spacial score (nSPS) is 72.0. The van der Waals surface area contributed by atoms with E-state index in [4.69, 9.17) is 0 Å². The first-order valence-electron chi connectivity index (χ1n) is 3.10. The summed E-state index contributed by atoms with van der Waals surface area (Å²) in [6, 6.07) is 0. The Morgan fingerprint density at radius 1 is 0.400 bits per heavy atom. The number of hydrogen-bond acceptors (Lipinski definition) is 0. The molecule has 4 bridgehead atoms. The van der Waals surface area contributed by atoms with Crippen LogP contribution in [0.4, 0.5) is 0 Å². The van der Waals surface area contributed by atoms with E-state index in [9.17, 15) is 0 Å². The first-order chi connectivity index (χ1) is 4.90. The van der Waals surface area contributed by atoms with Crippen molar-refractivity contribution in [2.24, 2.45) is 0 Å². The standard InChI is InChI=1S/C4H4As6/c5-1-6-3-8-2(5)9-4(7-1)10-3/h1-4H. The molecule has 0 unspecified atom stereocenters. The molecule has 4 aliphatic rings. The molecule has 0 aromatic heterocycles. The van der Waals surface area contributed by atoms with Crippen LogP contribution in [0.25, 0.3) is 0 Å². The van der Waals surface area contributed by atoms with Crippen molar-refractivity contribution in [3.05, 3.63) is 0 Å². The van der Waals surface area contributed by atoms with Gasteiger partial charge in [0.2, 0.25) is 0 Å². The van der Waals surface area contributed by atoms with Crippen LogP contribution in [0, 0.1) is 0 Å². The van der Waals surface area contributed by atoms with Gasteiger partial charge in [0.15, 0.2) is 0 Å². The fourth-order valence-electron chi connectivity index (χ4n) is 1.18. The van der Waals surface area contributed by atoms with E-state index >= 15 is 0 Å². The maximum absolute atomic E-state index is 1.53. The summed E-state index contributed by atoms with van der Waals surface area (Å²) in [7, 11) is 0. The van der Waals surface area contributed by atoms with Crippen LogP contribution in [0.15, 0.2) is 0 Å². The molecule has 0 saturated carbocycles. The summed E-state index contributed by atoms with van der Waals surface area (Å²) in [5.74, 6) is 0. The van der Waals surface area contributed by atoms with E-state index in [1.165, 1.54) is 9.12 Å². The number of rotatable bonds is 0. The van der Waals surface area contributed by atoms with Gasteiger partial charge in [-0.05, 0) is 0 Å². The Morgan fingerprint density at radius 3 is 0.800 bits per heavy atom. The van der Waals surface area contributed by atoms with Crippen LogP contribution in [0.1, 0.15) is 0 Å². The van der Waals surface area contributed by atoms with Gasteiger partial charge >= 0.3 is 104 Å². The molecule has 10 heavy (non-hydrogen) atoms. The molecule has 4 heterocycles. The van der Waals surface area contributed by atoms with E-state index in [1.807, 2.05) is 0 Å². The third-order valence-electron chi connectivity index (χ3n) is 1.60. The second-order valence-corrected chi connectivity index (χ2v) is 42.1. The fraction of sp³-hybridized carbons (Fsp3) is 1.00. The first-order valence-corrected chi connectivity index (χ1v) is 16.1. The average Bonchev–Trinajstić information content (AvgIpc) is 1.82. The van der Waals surface area contributed by atoms with Crippen molar-refractivity contribution in [1.29, 1.82) is 0 Å². The van der Waals surface area contributed by atoms with E-state index < -0.39 is 0 Å². The summed E-state index contributed by atoms with van der Waals surface area (Å²) < 4.78 is 6.11. The Balaban J connectivity index is 1.90. The molecule has 0 nitrogen and oxygen atoms in total. The zero-order chi connectivity index (χ0) is 6.55. The molecule has 0 aromatic rings. The van der Waals surface area contributed by atoms with Gasteiger partial charge in [-0.25, -0.2) is 0 Å². The van der Waals surface area contributed by atoms with Crippen molar-refractivity contribution in [3.63, 3.8) is 0 Å². The summed E-state index contributed by atoms with van der Waals surface area (Å²) in [5.41, 5.74) is 0. The molecule has 0 aromatic carbocycles. The van der Waals surface area contributed by atoms with E-state index in [0.717, 1.165) is 94.5 Å². The summed E-state index contributed by atoms with van der Waals surface area (Å²) in [4.78, 5) is 0. The third kappa shape index (κ3) is 1.63. The summed E-state index contributed by atoms with van der Waals surface area (Å²) in [6.07, 6.45) is 0. The molecule has 0 atom stereocenters. The average molecular weight is 502 g/mol. The van der Waals surface area contributed by atoms with Gasteiger partial charge in [0.25, 0.3) is 0 Å². The van der Waals surface area contributed by atoms with E-state index in [2.05, 4.69) is 0 Å². The molecule has 4 saturated heterocycles. The molecule has 4 rings (SSSR count). The Morgan fingerprint density at radius 2 is 0.600 bits per heavy atom. The van der Waals surface area contributed by atoms with Crippen LogP contribution in [0.3, 0.4) is 0 Å². The van der Waals surface area contributed by atoms with Crippen molar-refractivity contribution >= 4 is 94.5 Å². The molecule has 6 radical (unpaired) electrons. The van der Waals surface area contributed by atoms with Crippen molar-refractivity contribution in [3.8, 4) is 0 Å². The molecular formula is C4H4As6. The van der Waals surface area contributed by atoms with Gasteiger partial charge in [-0.1, -0.05) is 0 Å². The van der Waals surface area contributed by atoms with Crippen molar-refractivity contribution in [2.45, 2.75) is 9.12 Å². The summed E-state index contributed by atoms with van der Waals surface area (Å²) in [6.45, 7) is 0. The Kier molecular flexibility index (Phi) is 3.02. The minimum atomic E-state index is 0.995. The molecule has 4 aliphatic heterocycles. The monoisotopic (exact) mass is 502 g/mol. The predicted octanol–water partition coefficient (Wildman–Crippen LogP) is -0.934. The molecule has 0 amide bonds. The van der Waals surface area contributed by atoms with Crippen LogP contribution in [0.5, 0.6) is 0 Å². The quantitative estimate of drug-likeness (QED) is 0.377. The van der Waals surface area contributed by atoms with Gasteiger partial charge < -0.3 is 0 Å². The van der Waals surface area contributed by atoms with Crippen LogP contribution in [-0.4, -0.2) is 94.5 Å². The van der Waals surface area contributed by atoms with Crippen LogP contribution in [0.2, 0.25) is 9.12 Å². The second kappa shape index (κ2) is 3.49. The van der Waals surface area contributed by atoms with Crippen molar-refractivity contribution < 1.29 is 0 Å². The van der Waals surface area contributed by atoms with Crippen molar-refractivity contribution in [1.82, 2.24) is 0 Å². The summed E-state index contributed by atoms with van der Waals surface area (Å²) in [5, 5.41) is 0.